The van der Waals surface area contributed by atoms with Gasteiger partial charge in [-0.25, -0.2) is 0 Å². The highest BCUT2D eigenvalue weighted by atomic mass is 16.5. The quantitative estimate of drug-likeness (QED) is 0.837. The lowest BCUT2D eigenvalue weighted by Crippen LogP contribution is -2.49. The van der Waals surface area contributed by atoms with Gasteiger partial charge in [-0.1, -0.05) is 12.1 Å². The fourth-order valence-corrected chi connectivity index (χ4v) is 3.39. The molecule has 1 aliphatic heterocycles. The summed E-state index contributed by atoms with van der Waals surface area (Å²) in [5.41, 5.74) is 2.36. The number of aromatic nitrogens is 2. The summed E-state index contributed by atoms with van der Waals surface area (Å²) in [5.74, 6) is 0.956. The zero-order valence-electron chi connectivity index (χ0n) is 15.2. The minimum atomic E-state index is 0.0679. The van der Waals surface area contributed by atoms with Crippen molar-refractivity contribution in [1.82, 2.24) is 19.6 Å². The van der Waals surface area contributed by atoms with Gasteiger partial charge in [0.1, 0.15) is 5.75 Å². The van der Waals surface area contributed by atoms with E-state index in [1.165, 1.54) is 5.56 Å². The molecule has 1 aromatic heterocycles. The molecule has 0 N–H and O–H groups in total. The molecule has 0 spiro atoms. The van der Waals surface area contributed by atoms with Crippen molar-refractivity contribution in [2.24, 2.45) is 0 Å². The Kier molecular flexibility index (Phi) is 5.38. The van der Waals surface area contributed by atoms with E-state index in [2.05, 4.69) is 35.3 Å². The monoisotopic (exact) mass is 342 g/mol. The van der Waals surface area contributed by atoms with Gasteiger partial charge in [0.2, 0.25) is 5.91 Å². The Morgan fingerprint density at radius 1 is 1.28 bits per heavy atom. The molecular weight excluding hydrogens is 316 g/mol. The second-order valence-electron chi connectivity index (χ2n) is 6.44. The zero-order valence-corrected chi connectivity index (χ0v) is 15.2. The molecule has 25 heavy (non-hydrogen) atoms. The number of methoxy groups -OCH3 is 1. The van der Waals surface area contributed by atoms with Crippen molar-refractivity contribution >= 4 is 5.91 Å². The van der Waals surface area contributed by atoms with Crippen LogP contribution in [0.2, 0.25) is 0 Å². The number of hydrogen-bond donors (Lipinski definition) is 0. The van der Waals surface area contributed by atoms with Crippen molar-refractivity contribution in [3.05, 3.63) is 47.8 Å². The fourth-order valence-electron chi connectivity index (χ4n) is 3.39. The van der Waals surface area contributed by atoms with E-state index >= 15 is 0 Å². The summed E-state index contributed by atoms with van der Waals surface area (Å²) in [6.45, 7) is 7.92. The second-order valence-corrected chi connectivity index (χ2v) is 6.44. The van der Waals surface area contributed by atoms with Crippen molar-refractivity contribution < 1.29 is 9.53 Å². The Morgan fingerprint density at radius 2 is 2.04 bits per heavy atom. The third kappa shape index (κ3) is 4.02. The van der Waals surface area contributed by atoms with Gasteiger partial charge in [0.15, 0.2) is 0 Å². The molecule has 0 radical (unpaired) electrons. The van der Waals surface area contributed by atoms with Crippen LogP contribution in [0.4, 0.5) is 0 Å². The van der Waals surface area contributed by atoms with Crippen LogP contribution in [0.25, 0.3) is 0 Å². The maximum atomic E-state index is 12.1. The van der Waals surface area contributed by atoms with E-state index in [0.717, 1.165) is 44.0 Å². The lowest BCUT2D eigenvalue weighted by Gasteiger charge is -2.41. The second kappa shape index (κ2) is 7.70. The van der Waals surface area contributed by atoms with E-state index in [4.69, 9.17) is 4.74 Å². The number of carbonyl (C=O) groups excluding carboxylic acids is 1. The van der Waals surface area contributed by atoms with E-state index in [1.54, 1.807) is 14.0 Å². The van der Waals surface area contributed by atoms with Crippen LogP contribution in [0.3, 0.4) is 0 Å². The van der Waals surface area contributed by atoms with E-state index in [-0.39, 0.29) is 11.9 Å². The first kappa shape index (κ1) is 17.5. The number of aryl methyl sites for hydroxylation is 1. The largest absolute Gasteiger partial charge is 0.497 e. The van der Waals surface area contributed by atoms with Gasteiger partial charge in [0.05, 0.1) is 19.3 Å². The van der Waals surface area contributed by atoms with Crippen molar-refractivity contribution in [2.75, 3.05) is 26.7 Å². The lowest BCUT2D eigenvalue weighted by molar-refractivity contribution is -0.134. The number of piperazine rings is 1. The molecule has 1 aliphatic rings. The number of benzene rings is 1. The summed E-state index contributed by atoms with van der Waals surface area (Å²) in [4.78, 5) is 16.4. The molecule has 1 amide bonds. The summed E-state index contributed by atoms with van der Waals surface area (Å²) >= 11 is 0. The Bertz CT molecular complexity index is 710. The molecule has 2 aromatic rings. The van der Waals surface area contributed by atoms with Gasteiger partial charge < -0.3 is 9.64 Å². The SMILES string of the molecule is CCn1cc(CN2CCN(C(C)=O)C(c3ccc(OC)cc3)C2)cn1. The van der Waals surface area contributed by atoms with E-state index < -0.39 is 0 Å². The molecule has 134 valence electrons. The van der Waals surface area contributed by atoms with Crippen LogP contribution in [0.1, 0.15) is 31.0 Å². The Labute approximate surface area is 149 Å². The standard InChI is InChI=1S/C19H26N4O2/c1-4-22-13-16(11-20-22)12-21-9-10-23(15(2)24)19(14-21)17-5-7-18(25-3)8-6-17/h5-8,11,13,19H,4,9-10,12,14H2,1-3H3. The molecule has 1 unspecified atom stereocenters. The average molecular weight is 342 g/mol. The van der Waals surface area contributed by atoms with Crippen molar-refractivity contribution in [3.63, 3.8) is 0 Å². The Balaban J connectivity index is 1.75. The van der Waals surface area contributed by atoms with Gasteiger partial charge in [0.25, 0.3) is 0 Å². The first-order chi connectivity index (χ1) is 12.1. The summed E-state index contributed by atoms with van der Waals surface area (Å²) in [5, 5.41) is 4.35. The smallest absolute Gasteiger partial charge is 0.220 e. The molecule has 0 bridgehead atoms. The van der Waals surface area contributed by atoms with Gasteiger partial charge >= 0.3 is 0 Å². The maximum Gasteiger partial charge on any atom is 0.220 e. The van der Waals surface area contributed by atoms with E-state index in [9.17, 15) is 4.79 Å². The topological polar surface area (TPSA) is 50.6 Å². The summed E-state index contributed by atoms with van der Waals surface area (Å²) in [6.07, 6.45) is 4.03. The first-order valence-corrected chi connectivity index (χ1v) is 8.75. The lowest BCUT2D eigenvalue weighted by atomic mass is 10.0. The number of ether oxygens (including phenoxy) is 1. The van der Waals surface area contributed by atoms with Crippen LogP contribution < -0.4 is 4.74 Å². The average Bonchev–Trinajstić information content (AvgIpc) is 3.09. The Morgan fingerprint density at radius 3 is 2.64 bits per heavy atom. The summed E-state index contributed by atoms with van der Waals surface area (Å²) in [7, 11) is 1.66. The number of carbonyl (C=O) groups is 1. The van der Waals surface area contributed by atoms with E-state index in [0.29, 0.717) is 0 Å². The normalized spacial score (nSPS) is 18.4. The van der Waals surface area contributed by atoms with Gasteiger partial charge in [-0.2, -0.15) is 5.10 Å². The van der Waals surface area contributed by atoms with Crippen LogP contribution in [-0.4, -0.2) is 52.2 Å². The first-order valence-electron chi connectivity index (χ1n) is 8.75. The maximum absolute atomic E-state index is 12.1. The third-order valence-electron chi connectivity index (χ3n) is 4.79. The van der Waals surface area contributed by atoms with E-state index in [1.807, 2.05) is 27.9 Å². The fraction of sp³-hybridized carbons (Fsp3) is 0.474. The van der Waals surface area contributed by atoms with Crippen LogP contribution in [-0.2, 0) is 17.9 Å². The van der Waals surface area contributed by atoms with Gasteiger partial charge in [-0.3, -0.25) is 14.4 Å². The van der Waals surface area contributed by atoms with Crippen LogP contribution in [0.15, 0.2) is 36.7 Å². The number of amides is 1. The van der Waals surface area contributed by atoms with Crippen molar-refractivity contribution in [2.45, 2.75) is 33.0 Å². The molecule has 0 saturated carbocycles. The molecule has 6 nitrogen and oxygen atoms in total. The van der Waals surface area contributed by atoms with Crippen LogP contribution >= 0.6 is 0 Å². The highest BCUT2D eigenvalue weighted by molar-refractivity contribution is 5.74. The molecule has 1 saturated heterocycles. The molecule has 6 heteroatoms. The van der Waals surface area contributed by atoms with Gasteiger partial charge in [-0.05, 0) is 24.6 Å². The van der Waals surface area contributed by atoms with Crippen molar-refractivity contribution in [3.8, 4) is 5.75 Å². The van der Waals surface area contributed by atoms with Gasteiger partial charge in [0, 0.05) is 51.4 Å². The summed E-state index contributed by atoms with van der Waals surface area (Å²) < 4.78 is 7.19. The minimum absolute atomic E-state index is 0.0679. The van der Waals surface area contributed by atoms with Crippen LogP contribution in [0.5, 0.6) is 5.75 Å². The van der Waals surface area contributed by atoms with Crippen LogP contribution in [0, 0.1) is 0 Å². The molecular formula is C19H26N4O2. The summed E-state index contributed by atoms with van der Waals surface area (Å²) in [6, 6.07) is 8.09. The Hall–Kier alpha value is -2.34. The predicted molar refractivity (Wildman–Crippen MR) is 96.3 cm³/mol. The molecule has 1 atom stereocenters. The molecule has 1 aromatic carbocycles. The van der Waals surface area contributed by atoms with Crippen molar-refractivity contribution in [1.29, 1.82) is 0 Å². The number of rotatable bonds is 5. The highest BCUT2D eigenvalue weighted by Gasteiger charge is 2.30. The minimum Gasteiger partial charge on any atom is -0.497 e. The predicted octanol–water partition coefficient (Wildman–Crippen LogP) is 2.32. The third-order valence-corrected chi connectivity index (χ3v) is 4.79. The molecule has 1 fully saturated rings. The number of hydrogen-bond acceptors (Lipinski definition) is 4. The number of nitrogens with zero attached hydrogens (tertiary/aromatic N) is 4. The molecule has 2 heterocycles. The zero-order chi connectivity index (χ0) is 17.8. The highest BCUT2D eigenvalue weighted by Crippen LogP contribution is 2.28. The molecule has 0 aliphatic carbocycles. The molecule has 3 rings (SSSR count). The van der Waals surface area contributed by atoms with Gasteiger partial charge in [-0.15, -0.1) is 0 Å².